The van der Waals surface area contributed by atoms with Crippen molar-refractivity contribution in [3.05, 3.63) is 59.7 Å². The van der Waals surface area contributed by atoms with E-state index in [1.807, 2.05) is 56.6 Å². The number of hydrogen-bond donors (Lipinski definition) is 5. The van der Waals surface area contributed by atoms with Crippen LogP contribution in [0.1, 0.15) is 83.7 Å². The van der Waals surface area contributed by atoms with Gasteiger partial charge in [0.1, 0.15) is 0 Å². The summed E-state index contributed by atoms with van der Waals surface area (Å²) in [5, 5.41) is 30.6. The van der Waals surface area contributed by atoms with Crippen LogP contribution in [0.3, 0.4) is 0 Å². The molecule has 0 aromatic heterocycles. The smallest absolute Gasteiger partial charge is 0.251 e. The van der Waals surface area contributed by atoms with E-state index in [-0.39, 0.29) is 35.9 Å². The molecular formula is C39H60N4O4. The average Bonchev–Trinajstić information content (AvgIpc) is 2.98. The fourth-order valence-electron chi connectivity index (χ4n) is 8.13. The zero-order valence-corrected chi connectivity index (χ0v) is 30.1. The lowest BCUT2D eigenvalue weighted by molar-refractivity contribution is -0.137. The Morgan fingerprint density at radius 1 is 1.04 bits per heavy atom. The molecule has 5 N–H and O–H groups in total. The topological polar surface area (TPSA) is 114 Å². The highest BCUT2D eigenvalue weighted by molar-refractivity contribution is 5.95. The van der Waals surface area contributed by atoms with Crippen molar-refractivity contribution in [1.82, 2.24) is 20.9 Å². The van der Waals surface area contributed by atoms with E-state index in [2.05, 4.69) is 68.5 Å². The van der Waals surface area contributed by atoms with Gasteiger partial charge in [-0.3, -0.25) is 9.59 Å². The second kappa shape index (κ2) is 15.2. The molecule has 0 unspecified atom stereocenters. The minimum absolute atomic E-state index is 0.0314. The molecule has 0 saturated heterocycles. The summed E-state index contributed by atoms with van der Waals surface area (Å²) < 4.78 is 0. The van der Waals surface area contributed by atoms with Gasteiger partial charge < -0.3 is 31.1 Å². The van der Waals surface area contributed by atoms with E-state index in [0.717, 1.165) is 36.1 Å². The Kier molecular flexibility index (Phi) is 12.0. The molecule has 8 nitrogen and oxygen atoms in total. The van der Waals surface area contributed by atoms with Crippen molar-refractivity contribution >= 4 is 11.8 Å². The number of amides is 2. The molecule has 3 aliphatic rings. The maximum absolute atomic E-state index is 13.7. The van der Waals surface area contributed by atoms with Gasteiger partial charge in [0.05, 0.1) is 18.8 Å². The van der Waals surface area contributed by atoms with E-state index in [1.54, 1.807) is 6.92 Å². The monoisotopic (exact) mass is 648 g/mol. The lowest BCUT2D eigenvalue weighted by Crippen LogP contribution is -2.63. The maximum Gasteiger partial charge on any atom is 0.251 e. The van der Waals surface area contributed by atoms with E-state index in [9.17, 15) is 19.8 Å². The number of nitrogens with one attached hydrogen (secondary N) is 3. The third-order valence-electron chi connectivity index (χ3n) is 10.9. The highest BCUT2D eigenvalue weighted by Crippen LogP contribution is 2.61. The van der Waals surface area contributed by atoms with Gasteiger partial charge in [0.2, 0.25) is 5.91 Å². The SMILES string of the molecule is C[C@@H]1[C@@H](NC(=O)[C@@H](NCc2cccc(-c3cccc(C(=O)N[C@H](CN(C)C)CC(C)(C)C)c3)c2)[C@@H](CO)[C@H](C)O)C[C@H]2C[C@@H]1C2(C)C. The number of benzene rings is 2. The zero-order valence-electron chi connectivity index (χ0n) is 30.1. The van der Waals surface area contributed by atoms with Crippen molar-refractivity contribution < 1.29 is 19.8 Å². The number of carbonyl (C=O) groups excluding carboxylic acids is 2. The molecule has 0 spiro atoms. The number of hydrogen-bond acceptors (Lipinski definition) is 6. The summed E-state index contributed by atoms with van der Waals surface area (Å²) in [6.07, 6.45) is 2.21. The van der Waals surface area contributed by atoms with Gasteiger partial charge in [-0.2, -0.15) is 0 Å². The van der Waals surface area contributed by atoms with Crippen LogP contribution in [0, 0.1) is 34.5 Å². The van der Waals surface area contributed by atoms with E-state index in [4.69, 9.17) is 0 Å². The van der Waals surface area contributed by atoms with Gasteiger partial charge >= 0.3 is 0 Å². The van der Waals surface area contributed by atoms with Crippen LogP contribution in [0.2, 0.25) is 0 Å². The molecule has 5 rings (SSSR count). The summed E-state index contributed by atoms with van der Waals surface area (Å²) in [7, 11) is 4.04. The highest BCUT2D eigenvalue weighted by atomic mass is 16.3. The Bertz CT molecular complexity index is 1370. The van der Waals surface area contributed by atoms with Gasteiger partial charge in [-0.25, -0.2) is 0 Å². The summed E-state index contributed by atoms with van der Waals surface area (Å²) in [5.41, 5.74) is 3.87. The van der Waals surface area contributed by atoms with Crippen LogP contribution in [0.15, 0.2) is 48.5 Å². The van der Waals surface area contributed by atoms with Gasteiger partial charge in [-0.1, -0.05) is 71.9 Å². The van der Waals surface area contributed by atoms with Crippen LogP contribution >= 0.6 is 0 Å². The quantitative estimate of drug-likeness (QED) is 0.195. The normalized spacial score (nSPS) is 24.5. The number of rotatable bonds is 14. The van der Waals surface area contributed by atoms with Gasteiger partial charge in [-0.15, -0.1) is 0 Å². The molecule has 8 atom stereocenters. The zero-order chi connectivity index (χ0) is 34.7. The van der Waals surface area contributed by atoms with Crippen LogP contribution in [-0.2, 0) is 11.3 Å². The highest BCUT2D eigenvalue weighted by Gasteiger charge is 2.56. The van der Waals surface area contributed by atoms with Gasteiger partial charge in [0, 0.05) is 36.7 Å². The summed E-state index contributed by atoms with van der Waals surface area (Å²) in [6.45, 7) is 16.0. The molecule has 3 fully saturated rings. The molecule has 0 aliphatic heterocycles. The number of fused-ring (bicyclic) bond motifs is 2. The first-order valence-corrected chi connectivity index (χ1v) is 17.5. The minimum Gasteiger partial charge on any atom is -0.396 e. The Labute approximate surface area is 283 Å². The summed E-state index contributed by atoms with van der Waals surface area (Å²) >= 11 is 0. The van der Waals surface area contributed by atoms with E-state index >= 15 is 0 Å². The summed E-state index contributed by atoms with van der Waals surface area (Å²) in [5.74, 6) is 0.684. The molecule has 8 heteroatoms. The molecular weight excluding hydrogens is 588 g/mol. The average molecular weight is 649 g/mol. The lowest BCUT2D eigenvalue weighted by atomic mass is 9.45. The Balaban J connectivity index is 1.46. The van der Waals surface area contributed by atoms with Crippen LogP contribution in [0.25, 0.3) is 11.1 Å². The van der Waals surface area contributed by atoms with E-state index < -0.39 is 18.1 Å². The second-order valence-electron chi connectivity index (χ2n) is 16.5. The molecule has 260 valence electrons. The summed E-state index contributed by atoms with van der Waals surface area (Å²) in [6, 6.07) is 15.1. The van der Waals surface area contributed by atoms with Gasteiger partial charge in [-0.05, 0) is 104 Å². The van der Waals surface area contributed by atoms with Crippen molar-refractivity contribution in [2.45, 2.75) is 98.5 Å². The molecule has 3 aliphatic carbocycles. The molecule has 0 heterocycles. The largest absolute Gasteiger partial charge is 0.396 e. The Morgan fingerprint density at radius 3 is 2.28 bits per heavy atom. The predicted molar refractivity (Wildman–Crippen MR) is 190 cm³/mol. The van der Waals surface area contributed by atoms with E-state index in [1.165, 1.54) is 6.42 Å². The molecule has 0 radical (unpaired) electrons. The molecule has 2 aromatic carbocycles. The summed E-state index contributed by atoms with van der Waals surface area (Å²) in [4.78, 5) is 29.2. The standard InChI is InChI=1S/C39H60N4O4/c1-24-33-18-30(39(33,6)7)19-34(24)42-37(47)35(32(23-44)25(2)45)40-21-26-12-10-13-27(16-26)28-14-11-15-29(17-28)36(46)41-31(22-43(8)9)20-38(3,4)5/h10-17,24-25,30-35,40,44-45H,18-23H2,1-9H3,(H,41,46)(H,42,47)/t24-,25-,30+,31-,32-,33-,34-,35-/m0/s1. The van der Waals surface area contributed by atoms with Crippen molar-refractivity contribution in [3.63, 3.8) is 0 Å². The minimum atomic E-state index is -0.861. The predicted octanol–water partition coefficient (Wildman–Crippen LogP) is 5.08. The number of likely N-dealkylation sites (N-methyl/N-ethyl adjacent to an activating group) is 1. The molecule has 3 saturated carbocycles. The van der Waals surface area contributed by atoms with Crippen LogP contribution < -0.4 is 16.0 Å². The van der Waals surface area contributed by atoms with Gasteiger partial charge in [0.15, 0.2) is 0 Å². The van der Waals surface area contributed by atoms with E-state index in [0.29, 0.717) is 35.3 Å². The molecule has 47 heavy (non-hydrogen) atoms. The van der Waals surface area contributed by atoms with Crippen LogP contribution in [0.4, 0.5) is 0 Å². The number of aliphatic hydroxyl groups is 2. The third kappa shape index (κ3) is 9.23. The fourth-order valence-corrected chi connectivity index (χ4v) is 8.13. The van der Waals surface area contributed by atoms with Crippen molar-refractivity contribution in [1.29, 1.82) is 0 Å². The second-order valence-corrected chi connectivity index (χ2v) is 16.5. The van der Waals surface area contributed by atoms with Crippen molar-refractivity contribution in [2.24, 2.45) is 34.5 Å². The van der Waals surface area contributed by atoms with Gasteiger partial charge in [0.25, 0.3) is 5.91 Å². The third-order valence-corrected chi connectivity index (χ3v) is 10.9. The number of nitrogens with zero attached hydrogens (tertiary/aromatic N) is 1. The van der Waals surface area contributed by atoms with Crippen LogP contribution in [-0.4, -0.2) is 78.4 Å². The number of aliphatic hydroxyl groups excluding tert-OH is 2. The number of carbonyl (C=O) groups is 2. The first-order valence-electron chi connectivity index (χ1n) is 17.5. The van der Waals surface area contributed by atoms with Crippen LogP contribution in [0.5, 0.6) is 0 Å². The maximum atomic E-state index is 13.7. The molecule has 2 aromatic rings. The fraction of sp³-hybridized carbons (Fsp3) is 0.641. The first-order chi connectivity index (χ1) is 22.0. The molecule has 2 bridgehead atoms. The molecule has 2 amide bonds. The van der Waals surface area contributed by atoms with Crippen molar-refractivity contribution in [2.75, 3.05) is 27.2 Å². The van der Waals surface area contributed by atoms with Crippen molar-refractivity contribution in [3.8, 4) is 11.1 Å². The Hall–Kier alpha value is -2.78. The first kappa shape index (κ1) is 37.0. The Morgan fingerprint density at radius 2 is 1.70 bits per heavy atom. The lowest BCUT2D eigenvalue weighted by Gasteiger charge is -2.62.